The van der Waals surface area contributed by atoms with Crippen LogP contribution in [0.3, 0.4) is 0 Å². The topological polar surface area (TPSA) is 26.0 Å². The number of hydrogen-bond donors (Lipinski definition) is 1. The van der Waals surface area contributed by atoms with Crippen molar-refractivity contribution in [3.05, 3.63) is 29.3 Å². The molecule has 0 spiro atoms. The van der Waals surface area contributed by atoms with Crippen LogP contribution in [0, 0.1) is 18.8 Å². The number of alkyl halides is 1. The first-order valence-corrected chi connectivity index (χ1v) is 4.18. The maximum Gasteiger partial charge on any atom is 0.0839 e. The lowest BCUT2D eigenvalue weighted by molar-refractivity contribution is 1.45. The van der Waals surface area contributed by atoms with Gasteiger partial charge in [0.15, 0.2) is 0 Å². The molecule has 1 nitrogen and oxygen atoms in total. The highest BCUT2D eigenvalue weighted by atomic mass is 35.5. The fraction of sp³-hybridized carbons (Fsp3) is 0.200. The molecule has 62 valence electrons. The molecule has 0 aliphatic heterocycles. The Labute approximate surface area is 77.5 Å². The van der Waals surface area contributed by atoms with Crippen molar-refractivity contribution in [1.29, 1.82) is 0 Å². The van der Waals surface area contributed by atoms with Crippen LogP contribution < -0.4 is 5.73 Å². The van der Waals surface area contributed by atoms with E-state index in [9.17, 15) is 0 Å². The number of halogens is 1. The molecule has 0 aliphatic carbocycles. The van der Waals surface area contributed by atoms with E-state index in [2.05, 4.69) is 11.8 Å². The Kier molecular flexibility index (Phi) is 3.01. The van der Waals surface area contributed by atoms with Crippen molar-refractivity contribution >= 4 is 17.3 Å². The average molecular weight is 180 g/mol. The smallest absolute Gasteiger partial charge is 0.0839 e. The molecule has 0 atom stereocenters. The van der Waals surface area contributed by atoms with Crippen LogP contribution in [0.25, 0.3) is 0 Å². The summed E-state index contributed by atoms with van der Waals surface area (Å²) in [5, 5.41) is 0. The van der Waals surface area contributed by atoms with Gasteiger partial charge in [-0.2, -0.15) is 0 Å². The Balaban J connectivity index is 2.97. The minimum Gasteiger partial charge on any atom is -0.399 e. The predicted molar refractivity (Wildman–Crippen MR) is 53.2 cm³/mol. The highest BCUT2D eigenvalue weighted by Gasteiger charge is 1.92. The number of hydrogen-bond acceptors (Lipinski definition) is 1. The normalized spacial score (nSPS) is 8.83. The molecule has 0 saturated carbocycles. The van der Waals surface area contributed by atoms with Crippen molar-refractivity contribution in [2.75, 3.05) is 11.6 Å². The standard InChI is InChI=1S/C10H10ClN/c1-8-7-9(3-2-6-11)4-5-10(8)12/h4-5,7H,6,12H2,1H3. The van der Waals surface area contributed by atoms with E-state index in [1.54, 1.807) is 0 Å². The first kappa shape index (κ1) is 8.96. The molecule has 12 heavy (non-hydrogen) atoms. The minimum atomic E-state index is 0.365. The van der Waals surface area contributed by atoms with E-state index >= 15 is 0 Å². The minimum absolute atomic E-state index is 0.365. The van der Waals surface area contributed by atoms with Gasteiger partial charge in [-0.3, -0.25) is 0 Å². The van der Waals surface area contributed by atoms with E-state index in [1.165, 1.54) is 0 Å². The molecule has 2 heteroatoms. The highest BCUT2D eigenvalue weighted by Crippen LogP contribution is 2.11. The van der Waals surface area contributed by atoms with Crippen LogP contribution in [0.5, 0.6) is 0 Å². The summed E-state index contributed by atoms with van der Waals surface area (Å²) >= 11 is 5.42. The fourth-order valence-electron chi connectivity index (χ4n) is 0.889. The summed E-state index contributed by atoms with van der Waals surface area (Å²) in [6, 6.07) is 5.70. The Morgan fingerprint density at radius 2 is 2.25 bits per heavy atom. The summed E-state index contributed by atoms with van der Waals surface area (Å²) in [4.78, 5) is 0. The number of benzene rings is 1. The SMILES string of the molecule is Cc1cc(C#CCCl)ccc1N. The molecular weight excluding hydrogens is 170 g/mol. The van der Waals surface area contributed by atoms with Crippen LogP contribution in [-0.4, -0.2) is 5.88 Å². The maximum atomic E-state index is 5.64. The summed E-state index contributed by atoms with van der Waals surface area (Å²) in [6.07, 6.45) is 0. The first-order valence-electron chi connectivity index (χ1n) is 3.65. The van der Waals surface area contributed by atoms with Crippen LogP contribution in [0.15, 0.2) is 18.2 Å². The van der Waals surface area contributed by atoms with E-state index in [1.807, 2.05) is 25.1 Å². The molecule has 0 fully saturated rings. The lowest BCUT2D eigenvalue weighted by Crippen LogP contribution is -1.89. The molecule has 0 bridgehead atoms. The van der Waals surface area contributed by atoms with Crippen molar-refractivity contribution in [2.24, 2.45) is 0 Å². The zero-order chi connectivity index (χ0) is 8.97. The molecule has 0 heterocycles. The monoisotopic (exact) mass is 179 g/mol. The van der Waals surface area contributed by atoms with Gasteiger partial charge in [0, 0.05) is 11.3 Å². The van der Waals surface area contributed by atoms with Crippen molar-refractivity contribution in [1.82, 2.24) is 0 Å². The third kappa shape index (κ3) is 2.18. The van der Waals surface area contributed by atoms with E-state index < -0.39 is 0 Å². The van der Waals surface area contributed by atoms with E-state index in [-0.39, 0.29) is 0 Å². The van der Waals surface area contributed by atoms with Crippen molar-refractivity contribution < 1.29 is 0 Å². The zero-order valence-electron chi connectivity index (χ0n) is 6.89. The molecular formula is C10H10ClN. The largest absolute Gasteiger partial charge is 0.399 e. The number of rotatable bonds is 0. The summed E-state index contributed by atoms with van der Waals surface area (Å²) < 4.78 is 0. The Morgan fingerprint density at radius 3 is 2.83 bits per heavy atom. The molecule has 0 unspecified atom stereocenters. The summed E-state index contributed by atoms with van der Waals surface area (Å²) in [6.45, 7) is 1.96. The van der Waals surface area contributed by atoms with Crippen LogP contribution >= 0.6 is 11.6 Å². The van der Waals surface area contributed by atoms with Crippen LogP contribution in [0.2, 0.25) is 0 Å². The van der Waals surface area contributed by atoms with Crippen LogP contribution in [0.4, 0.5) is 5.69 Å². The van der Waals surface area contributed by atoms with E-state index in [0.29, 0.717) is 5.88 Å². The fourth-order valence-corrected chi connectivity index (χ4v) is 0.956. The summed E-state index contributed by atoms with van der Waals surface area (Å²) in [5.41, 5.74) is 8.45. The summed E-state index contributed by atoms with van der Waals surface area (Å²) in [7, 11) is 0. The molecule has 0 radical (unpaired) electrons. The highest BCUT2D eigenvalue weighted by molar-refractivity contribution is 6.19. The number of nitrogens with two attached hydrogens (primary N) is 1. The van der Waals surface area contributed by atoms with Gasteiger partial charge in [-0.05, 0) is 30.7 Å². The van der Waals surface area contributed by atoms with Gasteiger partial charge in [-0.15, -0.1) is 11.6 Å². The van der Waals surface area contributed by atoms with Gasteiger partial charge >= 0.3 is 0 Å². The number of aryl methyl sites for hydroxylation is 1. The molecule has 2 N–H and O–H groups in total. The van der Waals surface area contributed by atoms with Gasteiger partial charge in [0.1, 0.15) is 0 Å². The maximum absolute atomic E-state index is 5.64. The van der Waals surface area contributed by atoms with Gasteiger partial charge in [0.25, 0.3) is 0 Å². The van der Waals surface area contributed by atoms with E-state index in [0.717, 1.165) is 16.8 Å². The first-order chi connectivity index (χ1) is 5.74. The number of nitrogen functional groups attached to an aromatic ring is 1. The third-order valence-corrected chi connectivity index (χ3v) is 1.70. The Morgan fingerprint density at radius 1 is 1.50 bits per heavy atom. The Bertz CT molecular complexity index is 333. The van der Waals surface area contributed by atoms with Crippen molar-refractivity contribution in [3.63, 3.8) is 0 Å². The molecule has 0 aliphatic rings. The van der Waals surface area contributed by atoms with Crippen LogP contribution in [-0.2, 0) is 0 Å². The van der Waals surface area contributed by atoms with Crippen LogP contribution in [0.1, 0.15) is 11.1 Å². The molecule has 0 aromatic heterocycles. The molecule has 1 aromatic rings. The van der Waals surface area contributed by atoms with Crippen molar-refractivity contribution in [2.45, 2.75) is 6.92 Å². The zero-order valence-corrected chi connectivity index (χ0v) is 7.65. The second-order valence-corrected chi connectivity index (χ2v) is 2.77. The number of anilines is 1. The van der Waals surface area contributed by atoms with Gasteiger partial charge in [0.2, 0.25) is 0 Å². The predicted octanol–water partition coefficient (Wildman–Crippen LogP) is 2.17. The average Bonchev–Trinajstić information content (AvgIpc) is 2.07. The quantitative estimate of drug-likeness (QED) is 0.369. The molecule has 1 rings (SSSR count). The summed E-state index contributed by atoms with van der Waals surface area (Å²) in [5.74, 6) is 6.08. The Hall–Kier alpha value is -1.13. The lowest BCUT2D eigenvalue weighted by Gasteiger charge is -1.98. The molecule has 0 amide bonds. The van der Waals surface area contributed by atoms with Crippen molar-refractivity contribution in [3.8, 4) is 11.8 Å². The third-order valence-electron chi connectivity index (χ3n) is 1.57. The second kappa shape index (κ2) is 4.04. The second-order valence-electron chi connectivity index (χ2n) is 2.51. The van der Waals surface area contributed by atoms with Gasteiger partial charge < -0.3 is 5.73 Å². The van der Waals surface area contributed by atoms with Gasteiger partial charge in [-0.1, -0.05) is 11.8 Å². The molecule has 0 saturated heterocycles. The molecule has 1 aromatic carbocycles. The lowest BCUT2D eigenvalue weighted by atomic mass is 10.1. The van der Waals surface area contributed by atoms with Gasteiger partial charge in [-0.25, -0.2) is 0 Å². The van der Waals surface area contributed by atoms with Gasteiger partial charge in [0.05, 0.1) is 5.88 Å². The van der Waals surface area contributed by atoms with E-state index in [4.69, 9.17) is 17.3 Å².